The normalized spacial score (nSPS) is 9.92. The maximum Gasteiger partial charge on any atom is 0.217 e. The minimum absolute atomic E-state index is 0.0830. The van der Waals surface area contributed by atoms with Crippen molar-refractivity contribution in [3.8, 4) is 5.88 Å². The van der Waals surface area contributed by atoms with Gasteiger partial charge in [-0.1, -0.05) is 17.7 Å². The van der Waals surface area contributed by atoms with Gasteiger partial charge in [-0.05, 0) is 6.07 Å². The lowest BCUT2D eigenvalue weighted by atomic mass is 10.2. The summed E-state index contributed by atoms with van der Waals surface area (Å²) in [5.74, 6) is 0.483. The van der Waals surface area contributed by atoms with E-state index in [1.165, 1.54) is 7.11 Å². The number of rotatable bonds is 3. The average Bonchev–Trinajstić information content (AvgIpc) is 2.08. The highest BCUT2D eigenvalue weighted by atomic mass is 35.5. The highest BCUT2D eigenvalue weighted by molar-refractivity contribution is 6.29. The number of nitrogens with zero attached hydrogens (tertiary/aromatic N) is 1. The molecule has 0 aliphatic rings. The summed E-state index contributed by atoms with van der Waals surface area (Å²) in [6.07, 6.45) is 0.535. The summed E-state index contributed by atoms with van der Waals surface area (Å²) in [4.78, 5) is 3.94. The Morgan fingerprint density at radius 2 is 2.33 bits per heavy atom. The van der Waals surface area contributed by atoms with Crippen molar-refractivity contribution in [2.24, 2.45) is 0 Å². The van der Waals surface area contributed by atoms with Crippen LogP contribution in [0, 0.1) is 0 Å². The fourth-order valence-corrected chi connectivity index (χ4v) is 1.07. The molecule has 3 nitrogen and oxygen atoms in total. The average molecular weight is 188 g/mol. The van der Waals surface area contributed by atoms with E-state index >= 15 is 0 Å². The molecule has 0 aliphatic carbocycles. The van der Waals surface area contributed by atoms with Gasteiger partial charge in [0.25, 0.3) is 0 Å². The van der Waals surface area contributed by atoms with Crippen LogP contribution in [0.4, 0.5) is 0 Å². The molecule has 0 fully saturated rings. The zero-order valence-electron chi connectivity index (χ0n) is 6.75. The van der Waals surface area contributed by atoms with Crippen LogP contribution in [0.1, 0.15) is 5.56 Å². The highest BCUT2D eigenvalue weighted by Crippen LogP contribution is 2.18. The van der Waals surface area contributed by atoms with Gasteiger partial charge in [0.1, 0.15) is 5.15 Å². The van der Waals surface area contributed by atoms with Gasteiger partial charge in [-0.25, -0.2) is 4.98 Å². The molecule has 12 heavy (non-hydrogen) atoms. The Morgan fingerprint density at radius 1 is 1.58 bits per heavy atom. The maximum absolute atomic E-state index is 8.69. The molecule has 1 aromatic heterocycles. The Labute approximate surface area is 76.0 Å². The van der Waals surface area contributed by atoms with Gasteiger partial charge in [-0.2, -0.15) is 0 Å². The van der Waals surface area contributed by atoms with Gasteiger partial charge >= 0.3 is 0 Å². The van der Waals surface area contributed by atoms with E-state index in [2.05, 4.69) is 4.98 Å². The fourth-order valence-electron chi connectivity index (χ4n) is 0.934. The molecule has 0 saturated heterocycles. The van der Waals surface area contributed by atoms with Gasteiger partial charge in [0.2, 0.25) is 5.88 Å². The van der Waals surface area contributed by atoms with Crippen molar-refractivity contribution in [2.45, 2.75) is 6.42 Å². The molecule has 1 N–H and O–H groups in total. The molecule has 1 aromatic rings. The molecule has 0 radical (unpaired) electrons. The summed E-state index contributed by atoms with van der Waals surface area (Å²) in [7, 11) is 1.53. The number of methoxy groups -OCH3 is 1. The number of hydrogen-bond donors (Lipinski definition) is 1. The minimum Gasteiger partial charge on any atom is -0.481 e. The van der Waals surface area contributed by atoms with Crippen molar-refractivity contribution in [1.82, 2.24) is 4.98 Å². The van der Waals surface area contributed by atoms with Gasteiger partial charge in [0.05, 0.1) is 7.11 Å². The molecule has 0 spiro atoms. The van der Waals surface area contributed by atoms with E-state index in [0.29, 0.717) is 17.5 Å². The molecule has 0 bridgehead atoms. The molecule has 0 aromatic carbocycles. The van der Waals surface area contributed by atoms with Crippen LogP contribution in [-0.2, 0) is 6.42 Å². The van der Waals surface area contributed by atoms with Crippen molar-refractivity contribution in [3.05, 3.63) is 22.8 Å². The second-order valence-corrected chi connectivity index (χ2v) is 2.66. The number of ether oxygens (including phenoxy) is 1. The molecule has 4 heteroatoms. The molecule has 0 aliphatic heterocycles. The van der Waals surface area contributed by atoms with Crippen LogP contribution in [-0.4, -0.2) is 23.8 Å². The number of halogens is 1. The molecule has 0 amide bonds. The first-order valence-electron chi connectivity index (χ1n) is 3.58. The third-order valence-electron chi connectivity index (χ3n) is 1.48. The van der Waals surface area contributed by atoms with E-state index < -0.39 is 0 Å². The van der Waals surface area contributed by atoms with Gasteiger partial charge in [-0.3, -0.25) is 0 Å². The summed E-state index contributed by atoms with van der Waals surface area (Å²) in [5.41, 5.74) is 0.865. The van der Waals surface area contributed by atoms with Crippen LogP contribution in [0.3, 0.4) is 0 Å². The number of aromatic nitrogens is 1. The SMILES string of the molecule is COc1nc(Cl)ccc1CCO. The van der Waals surface area contributed by atoms with E-state index in [4.69, 9.17) is 21.4 Å². The molecular formula is C8H10ClNO2. The monoisotopic (exact) mass is 187 g/mol. The standard InChI is InChI=1S/C8H10ClNO2/c1-12-8-6(4-5-11)2-3-7(9)10-8/h2-3,11H,4-5H2,1H3. The lowest BCUT2D eigenvalue weighted by molar-refractivity contribution is 0.296. The second-order valence-electron chi connectivity index (χ2n) is 2.28. The van der Waals surface area contributed by atoms with Crippen LogP contribution in [0.15, 0.2) is 12.1 Å². The summed E-state index contributed by atoms with van der Waals surface area (Å²) in [5, 5.41) is 9.09. The van der Waals surface area contributed by atoms with Crippen LogP contribution in [0.5, 0.6) is 5.88 Å². The summed E-state index contributed by atoms with van der Waals surface area (Å²) in [6.45, 7) is 0.0830. The largest absolute Gasteiger partial charge is 0.481 e. The molecule has 0 saturated carbocycles. The van der Waals surface area contributed by atoms with E-state index in [-0.39, 0.29) is 6.61 Å². The number of aliphatic hydroxyl groups excluding tert-OH is 1. The quantitative estimate of drug-likeness (QED) is 0.725. The Morgan fingerprint density at radius 3 is 2.92 bits per heavy atom. The second kappa shape index (κ2) is 4.28. The Kier molecular flexibility index (Phi) is 3.31. The molecule has 66 valence electrons. The van der Waals surface area contributed by atoms with Crippen molar-refractivity contribution < 1.29 is 9.84 Å². The van der Waals surface area contributed by atoms with Crippen LogP contribution in [0.25, 0.3) is 0 Å². The molecule has 1 rings (SSSR count). The fraction of sp³-hybridized carbons (Fsp3) is 0.375. The molecule has 0 atom stereocenters. The van der Waals surface area contributed by atoms with Crippen molar-refractivity contribution >= 4 is 11.6 Å². The molecular weight excluding hydrogens is 178 g/mol. The number of pyridine rings is 1. The van der Waals surface area contributed by atoms with E-state index in [1.54, 1.807) is 12.1 Å². The van der Waals surface area contributed by atoms with Gasteiger partial charge in [0, 0.05) is 18.6 Å². The van der Waals surface area contributed by atoms with Crippen LogP contribution >= 0.6 is 11.6 Å². The smallest absolute Gasteiger partial charge is 0.217 e. The first-order chi connectivity index (χ1) is 5.77. The molecule has 1 heterocycles. The van der Waals surface area contributed by atoms with Crippen LogP contribution < -0.4 is 4.74 Å². The van der Waals surface area contributed by atoms with Gasteiger partial charge in [0.15, 0.2) is 0 Å². The van der Waals surface area contributed by atoms with Gasteiger partial charge in [-0.15, -0.1) is 0 Å². The third kappa shape index (κ3) is 2.09. The predicted octanol–water partition coefficient (Wildman–Crippen LogP) is 1.28. The maximum atomic E-state index is 8.69. The zero-order valence-corrected chi connectivity index (χ0v) is 7.51. The topological polar surface area (TPSA) is 42.4 Å². The lowest BCUT2D eigenvalue weighted by Crippen LogP contribution is -1.97. The van der Waals surface area contributed by atoms with E-state index in [9.17, 15) is 0 Å². The Balaban J connectivity index is 2.94. The summed E-state index contributed by atoms with van der Waals surface area (Å²) in [6, 6.07) is 3.47. The van der Waals surface area contributed by atoms with Crippen molar-refractivity contribution in [3.63, 3.8) is 0 Å². The predicted molar refractivity (Wildman–Crippen MR) is 46.6 cm³/mol. The molecule has 0 unspecified atom stereocenters. The van der Waals surface area contributed by atoms with Gasteiger partial charge < -0.3 is 9.84 Å². The van der Waals surface area contributed by atoms with E-state index in [1.807, 2.05) is 0 Å². The third-order valence-corrected chi connectivity index (χ3v) is 1.69. The Bertz CT molecular complexity index is 265. The van der Waals surface area contributed by atoms with Crippen LogP contribution in [0.2, 0.25) is 5.15 Å². The number of hydrogen-bond acceptors (Lipinski definition) is 3. The zero-order chi connectivity index (χ0) is 8.97. The van der Waals surface area contributed by atoms with E-state index in [0.717, 1.165) is 5.56 Å². The Hall–Kier alpha value is -0.800. The summed E-state index contributed by atoms with van der Waals surface area (Å²) >= 11 is 5.64. The summed E-state index contributed by atoms with van der Waals surface area (Å²) < 4.78 is 4.97. The van der Waals surface area contributed by atoms with Crippen molar-refractivity contribution in [1.29, 1.82) is 0 Å². The first-order valence-corrected chi connectivity index (χ1v) is 3.96. The lowest BCUT2D eigenvalue weighted by Gasteiger charge is -2.05. The first kappa shape index (κ1) is 9.29. The number of aliphatic hydroxyl groups is 1. The minimum atomic E-state index is 0.0830. The highest BCUT2D eigenvalue weighted by Gasteiger charge is 2.03. The van der Waals surface area contributed by atoms with Crippen molar-refractivity contribution in [2.75, 3.05) is 13.7 Å².